The summed E-state index contributed by atoms with van der Waals surface area (Å²) in [6.45, 7) is 0. The second-order valence-corrected chi connectivity index (χ2v) is 9.18. The van der Waals surface area contributed by atoms with E-state index in [1.54, 1.807) is 24.3 Å². The van der Waals surface area contributed by atoms with Gasteiger partial charge in [0, 0.05) is 16.2 Å². The van der Waals surface area contributed by atoms with Gasteiger partial charge in [0.05, 0.1) is 34.1 Å². The Bertz CT molecular complexity index is 1840. The van der Waals surface area contributed by atoms with E-state index in [1.165, 1.54) is 48.7 Å². The van der Waals surface area contributed by atoms with E-state index in [2.05, 4.69) is 15.0 Å². The van der Waals surface area contributed by atoms with E-state index in [4.69, 9.17) is 23.2 Å². The second-order valence-electron chi connectivity index (χ2n) is 8.31. The lowest BCUT2D eigenvalue weighted by atomic mass is 9.90. The molecule has 0 radical (unpaired) electrons. The lowest BCUT2D eigenvalue weighted by Crippen LogP contribution is -2.36. The highest BCUT2D eigenvalue weighted by Gasteiger charge is 2.33. The molecule has 0 aliphatic heterocycles. The van der Waals surface area contributed by atoms with Crippen LogP contribution in [0.4, 0.5) is 0 Å². The molecule has 0 fully saturated rings. The van der Waals surface area contributed by atoms with Gasteiger partial charge in [0.15, 0.2) is 0 Å². The van der Waals surface area contributed by atoms with Gasteiger partial charge in [-0.05, 0) is 48.5 Å². The topological polar surface area (TPSA) is 163 Å². The van der Waals surface area contributed by atoms with Crippen molar-refractivity contribution in [3.63, 3.8) is 0 Å². The lowest BCUT2D eigenvalue weighted by Gasteiger charge is -2.21. The molecular weight excluding hydrogens is 549 g/mol. The fourth-order valence-electron chi connectivity index (χ4n) is 4.29. The average molecular weight is 566 g/mol. The van der Waals surface area contributed by atoms with Crippen LogP contribution in [0.15, 0.2) is 92.1 Å². The molecule has 0 bridgehead atoms. The van der Waals surface area contributed by atoms with Crippen LogP contribution in [0.1, 0.15) is 22.7 Å². The maximum absolute atomic E-state index is 13.2. The Morgan fingerprint density at radius 1 is 0.692 bits per heavy atom. The standard InChI is InChI=1S/C26H17Cl2N5O6/c27-13-5-3-7-15(11-13)32-23(36)19(21(34)30-25(32)38)18(17-9-1-2-10-29-17)20-22(35)31-26(39)33(24(20)37)16-8-4-6-14(28)12-16/h1-12,18,36-37H,(H,30,34,38)(H,31,35,39). The molecule has 196 valence electrons. The van der Waals surface area contributed by atoms with Gasteiger partial charge in [0.25, 0.3) is 11.1 Å². The first kappa shape index (κ1) is 25.8. The normalized spacial score (nSPS) is 11.2. The number of hydrogen-bond donors (Lipinski definition) is 4. The number of H-pyrrole nitrogens is 2. The molecule has 5 rings (SSSR count). The third-order valence-electron chi connectivity index (χ3n) is 5.94. The van der Waals surface area contributed by atoms with Crippen LogP contribution in [0.5, 0.6) is 11.8 Å². The van der Waals surface area contributed by atoms with Crippen molar-refractivity contribution in [3.8, 4) is 23.1 Å². The number of nitrogens with zero attached hydrogens (tertiary/aromatic N) is 3. The van der Waals surface area contributed by atoms with E-state index >= 15 is 0 Å². The van der Waals surface area contributed by atoms with E-state index < -0.39 is 51.3 Å². The summed E-state index contributed by atoms with van der Waals surface area (Å²) in [6, 6.07) is 16.4. The van der Waals surface area contributed by atoms with Gasteiger partial charge in [0.2, 0.25) is 11.8 Å². The van der Waals surface area contributed by atoms with Crippen molar-refractivity contribution >= 4 is 23.2 Å². The molecule has 0 atom stereocenters. The van der Waals surface area contributed by atoms with Crippen LogP contribution >= 0.6 is 23.2 Å². The van der Waals surface area contributed by atoms with E-state index in [9.17, 15) is 29.4 Å². The van der Waals surface area contributed by atoms with Crippen LogP contribution < -0.4 is 22.5 Å². The summed E-state index contributed by atoms with van der Waals surface area (Å²) < 4.78 is 1.58. The number of rotatable bonds is 5. The van der Waals surface area contributed by atoms with Crippen LogP contribution in [0.3, 0.4) is 0 Å². The minimum Gasteiger partial charge on any atom is -0.494 e. The summed E-state index contributed by atoms with van der Waals surface area (Å²) in [5.74, 6) is -3.21. The first-order valence-corrected chi connectivity index (χ1v) is 12.0. The number of aromatic amines is 2. The number of pyridine rings is 1. The van der Waals surface area contributed by atoms with Gasteiger partial charge in [-0.15, -0.1) is 0 Å². The Morgan fingerprint density at radius 3 is 1.59 bits per heavy atom. The Balaban J connectivity index is 1.89. The first-order valence-electron chi connectivity index (χ1n) is 11.3. The number of aromatic nitrogens is 5. The molecule has 0 unspecified atom stereocenters. The van der Waals surface area contributed by atoms with Crippen molar-refractivity contribution in [1.82, 2.24) is 24.1 Å². The molecule has 2 aromatic carbocycles. The molecule has 11 nitrogen and oxygen atoms in total. The third-order valence-corrected chi connectivity index (χ3v) is 6.41. The van der Waals surface area contributed by atoms with Gasteiger partial charge in [-0.25, -0.2) is 18.7 Å². The van der Waals surface area contributed by atoms with E-state index in [0.29, 0.717) is 0 Å². The number of nitrogens with one attached hydrogen (secondary N) is 2. The van der Waals surface area contributed by atoms with Crippen molar-refractivity contribution in [3.05, 3.63) is 141 Å². The minimum atomic E-state index is -1.55. The first-order chi connectivity index (χ1) is 18.7. The zero-order chi connectivity index (χ0) is 27.8. The van der Waals surface area contributed by atoms with Crippen LogP contribution in [-0.4, -0.2) is 34.3 Å². The van der Waals surface area contributed by atoms with Crippen molar-refractivity contribution in [2.45, 2.75) is 5.92 Å². The van der Waals surface area contributed by atoms with Gasteiger partial charge in [0.1, 0.15) is 0 Å². The SMILES string of the molecule is O=c1[nH]c(=O)n(-c2cccc(Cl)c2)c(O)c1C(c1ccccn1)c1c(O)n(-c2cccc(Cl)c2)c(=O)[nH]c1=O. The highest BCUT2D eigenvalue weighted by Crippen LogP contribution is 2.36. The number of halogens is 2. The quantitative estimate of drug-likeness (QED) is 0.254. The predicted octanol–water partition coefficient (Wildman–Crippen LogP) is 2.66. The highest BCUT2D eigenvalue weighted by molar-refractivity contribution is 6.31. The smallest absolute Gasteiger partial charge is 0.335 e. The van der Waals surface area contributed by atoms with Crippen LogP contribution in [0, 0.1) is 0 Å². The van der Waals surface area contributed by atoms with Crippen LogP contribution in [-0.2, 0) is 0 Å². The van der Waals surface area contributed by atoms with Crippen molar-refractivity contribution in [2.24, 2.45) is 0 Å². The summed E-state index contributed by atoms with van der Waals surface area (Å²) in [7, 11) is 0. The van der Waals surface area contributed by atoms with Gasteiger partial charge in [-0.1, -0.05) is 41.4 Å². The number of aromatic hydroxyl groups is 2. The molecule has 0 saturated heterocycles. The summed E-state index contributed by atoms with van der Waals surface area (Å²) >= 11 is 12.1. The largest absolute Gasteiger partial charge is 0.494 e. The van der Waals surface area contributed by atoms with E-state index in [0.717, 1.165) is 9.13 Å². The molecule has 0 aliphatic rings. The minimum absolute atomic E-state index is 0.0479. The molecule has 0 amide bonds. The monoisotopic (exact) mass is 565 g/mol. The second kappa shape index (κ2) is 10.1. The Morgan fingerprint density at radius 2 is 1.18 bits per heavy atom. The molecule has 0 saturated carbocycles. The highest BCUT2D eigenvalue weighted by atomic mass is 35.5. The van der Waals surface area contributed by atoms with Gasteiger partial charge in [-0.3, -0.25) is 24.5 Å². The zero-order valence-electron chi connectivity index (χ0n) is 19.6. The number of benzene rings is 2. The summed E-state index contributed by atoms with van der Waals surface area (Å²) in [4.78, 5) is 60.5. The molecular formula is C26H17Cl2N5O6. The summed E-state index contributed by atoms with van der Waals surface area (Å²) in [5.41, 5.74) is -4.77. The predicted molar refractivity (Wildman–Crippen MR) is 144 cm³/mol. The Hall–Kier alpha value is -4.87. The van der Waals surface area contributed by atoms with Crippen LogP contribution in [0.25, 0.3) is 11.4 Å². The molecule has 13 heteroatoms. The van der Waals surface area contributed by atoms with E-state index in [-0.39, 0.29) is 27.1 Å². The molecule has 0 spiro atoms. The van der Waals surface area contributed by atoms with E-state index in [1.807, 2.05) is 0 Å². The Labute approximate surface area is 227 Å². The van der Waals surface area contributed by atoms with Gasteiger partial charge in [-0.2, -0.15) is 0 Å². The maximum atomic E-state index is 13.2. The Kier molecular flexibility index (Phi) is 6.69. The molecule has 5 aromatic rings. The van der Waals surface area contributed by atoms with Gasteiger partial charge >= 0.3 is 11.4 Å². The van der Waals surface area contributed by atoms with Crippen LogP contribution in [0.2, 0.25) is 10.0 Å². The fraction of sp³-hybridized carbons (Fsp3) is 0.0385. The average Bonchev–Trinajstić information content (AvgIpc) is 2.88. The van der Waals surface area contributed by atoms with Crippen molar-refractivity contribution in [1.29, 1.82) is 0 Å². The summed E-state index contributed by atoms with van der Waals surface area (Å²) in [5, 5.41) is 23.2. The molecule has 4 N–H and O–H groups in total. The maximum Gasteiger partial charge on any atom is 0.335 e. The fourth-order valence-corrected chi connectivity index (χ4v) is 4.66. The molecule has 0 aliphatic carbocycles. The third kappa shape index (κ3) is 4.65. The van der Waals surface area contributed by atoms with Crippen molar-refractivity contribution in [2.75, 3.05) is 0 Å². The zero-order valence-corrected chi connectivity index (χ0v) is 21.1. The van der Waals surface area contributed by atoms with Gasteiger partial charge < -0.3 is 10.2 Å². The molecule has 3 heterocycles. The summed E-state index contributed by atoms with van der Waals surface area (Å²) in [6.07, 6.45) is 1.37. The lowest BCUT2D eigenvalue weighted by molar-refractivity contribution is 0.411. The molecule has 3 aromatic heterocycles. The number of hydrogen-bond acceptors (Lipinski definition) is 7. The molecule has 39 heavy (non-hydrogen) atoms. The van der Waals surface area contributed by atoms with Crippen molar-refractivity contribution < 1.29 is 10.2 Å².